The third-order valence-electron chi connectivity index (χ3n) is 10.7. The zero-order valence-electron chi connectivity index (χ0n) is 33.0. The second kappa shape index (κ2) is 16.2. The number of rotatable bonds is 11. The molecule has 4 heterocycles. The van der Waals surface area contributed by atoms with Crippen LogP contribution in [0.1, 0.15) is 60.9 Å². The van der Waals surface area contributed by atoms with Gasteiger partial charge in [-0.05, 0) is 96.6 Å². The molecule has 59 heavy (non-hydrogen) atoms. The van der Waals surface area contributed by atoms with Crippen molar-refractivity contribution < 1.29 is 23.9 Å². The summed E-state index contributed by atoms with van der Waals surface area (Å²) in [5.74, 6) is -0.211. The zero-order valence-corrected chi connectivity index (χ0v) is 33.0. The van der Waals surface area contributed by atoms with Crippen LogP contribution >= 0.6 is 0 Å². The van der Waals surface area contributed by atoms with Gasteiger partial charge in [-0.2, -0.15) is 0 Å². The summed E-state index contributed by atoms with van der Waals surface area (Å²) in [6.07, 6.45) is 6.81. The van der Waals surface area contributed by atoms with E-state index in [9.17, 15) is 19.2 Å². The van der Waals surface area contributed by atoms with Gasteiger partial charge in [0.05, 0.1) is 29.6 Å². The average Bonchev–Trinajstić information content (AvgIpc) is 3.77. The van der Waals surface area contributed by atoms with E-state index in [2.05, 4.69) is 28.1 Å². The van der Waals surface area contributed by atoms with Crippen LogP contribution in [0.2, 0.25) is 0 Å². The van der Waals surface area contributed by atoms with Crippen molar-refractivity contribution in [2.45, 2.75) is 38.8 Å². The topological polar surface area (TPSA) is 165 Å². The Bertz CT molecular complexity index is 2620. The summed E-state index contributed by atoms with van der Waals surface area (Å²) in [4.78, 5) is 59.3. The van der Waals surface area contributed by atoms with Gasteiger partial charge in [0.1, 0.15) is 17.1 Å². The van der Waals surface area contributed by atoms with Gasteiger partial charge in [-0.3, -0.25) is 24.2 Å². The summed E-state index contributed by atoms with van der Waals surface area (Å²) in [5, 5.41) is 8.68. The lowest BCUT2D eigenvalue weighted by Crippen LogP contribution is -2.44. The summed E-state index contributed by atoms with van der Waals surface area (Å²) in [6, 6.07) is 29.5. The Balaban J connectivity index is 0.816. The number of nitrogen functional groups attached to an aromatic ring is 1. The number of hydrogen-bond donors (Lipinski definition) is 4. The molecule has 13 heteroatoms. The number of carbonyl (C=O) groups excluding carboxylic acids is 4. The molecule has 0 fully saturated rings. The molecule has 5 N–H and O–H groups in total. The molecule has 0 unspecified atom stereocenters. The number of aromatic nitrogens is 2. The van der Waals surface area contributed by atoms with Crippen LogP contribution in [0.15, 0.2) is 114 Å². The monoisotopic (exact) mass is 788 g/mol. The first kappa shape index (κ1) is 38.5. The fourth-order valence-electron chi connectivity index (χ4n) is 7.48. The second-order valence-electron chi connectivity index (χ2n) is 14.9. The van der Waals surface area contributed by atoms with E-state index in [0.717, 1.165) is 28.7 Å². The van der Waals surface area contributed by atoms with Crippen molar-refractivity contribution in [3.05, 3.63) is 143 Å². The van der Waals surface area contributed by atoms with E-state index in [4.69, 9.17) is 15.5 Å². The van der Waals surface area contributed by atoms with Crippen molar-refractivity contribution in [2.24, 2.45) is 19.1 Å². The molecule has 0 spiro atoms. The molecule has 13 nitrogen and oxygen atoms in total. The maximum Gasteiger partial charge on any atom is 0.272 e. The minimum absolute atomic E-state index is 0.0438. The lowest BCUT2D eigenvalue weighted by molar-refractivity contribution is -0.116. The largest absolute Gasteiger partial charge is 0.493 e. The lowest BCUT2D eigenvalue weighted by Gasteiger charge is -2.34. The Morgan fingerprint density at radius 1 is 0.780 bits per heavy atom. The number of benzene rings is 4. The zero-order chi connectivity index (χ0) is 41.2. The van der Waals surface area contributed by atoms with Crippen LogP contribution in [0.3, 0.4) is 0 Å². The molecule has 0 radical (unpaired) electrons. The molecule has 298 valence electrons. The molecule has 2 aliphatic rings. The SMILES string of the molecule is Cc1cc2c(cc1OCCCC(=O)Nc1cc(C(=O)Nc3ccc(-c4cc(C(=O)Nc5ccc(N)cc5)n(C)c4)cc3)n(C)c1)N=C[C@@H]1Cc3ccccc3CN1C2=O. The van der Waals surface area contributed by atoms with Crippen molar-refractivity contribution in [1.29, 1.82) is 0 Å². The molecule has 0 bridgehead atoms. The van der Waals surface area contributed by atoms with Gasteiger partial charge < -0.3 is 40.5 Å². The highest BCUT2D eigenvalue weighted by atomic mass is 16.5. The number of nitrogens with zero attached hydrogens (tertiary/aromatic N) is 4. The highest BCUT2D eigenvalue weighted by molar-refractivity contribution is 6.06. The number of nitrogens with two attached hydrogens (primary N) is 1. The van der Waals surface area contributed by atoms with Crippen LogP contribution in [0, 0.1) is 6.92 Å². The number of fused-ring (bicyclic) bond motifs is 3. The molecule has 0 saturated heterocycles. The maximum absolute atomic E-state index is 13.6. The molecular weight excluding hydrogens is 745 g/mol. The molecule has 4 aromatic carbocycles. The number of hydrogen-bond acceptors (Lipinski definition) is 7. The Labute approximate surface area is 341 Å². The lowest BCUT2D eigenvalue weighted by atomic mass is 9.94. The minimum atomic E-state index is -0.335. The minimum Gasteiger partial charge on any atom is -0.493 e. The van der Waals surface area contributed by atoms with E-state index in [1.807, 2.05) is 67.7 Å². The summed E-state index contributed by atoms with van der Waals surface area (Å²) >= 11 is 0. The number of anilines is 4. The predicted octanol–water partition coefficient (Wildman–Crippen LogP) is 7.51. The van der Waals surface area contributed by atoms with Crippen LogP contribution in [0.4, 0.5) is 28.4 Å². The van der Waals surface area contributed by atoms with Gasteiger partial charge >= 0.3 is 0 Å². The van der Waals surface area contributed by atoms with E-state index in [1.54, 1.807) is 70.9 Å². The van der Waals surface area contributed by atoms with E-state index in [-0.39, 0.29) is 36.1 Å². The Hall–Kier alpha value is -7.41. The number of aliphatic imine (C=N–C) groups is 1. The second-order valence-corrected chi connectivity index (χ2v) is 14.9. The first-order valence-corrected chi connectivity index (χ1v) is 19.4. The highest BCUT2D eigenvalue weighted by Crippen LogP contribution is 2.35. The molecule has 8 rings (SSSR count). The molecule has 2 aliphatic heterocycles. The Kier molecular flexibility index (Phi) is 10.6. The van der Waals surface area contributed by atoms with Crippen molar-refractivity contribution in [2.75, 3.05) is 28.3 Å². The van der Waals surface area contributed by atoms with E-state index >= 15 is 0 Å². The number of carbonyl (C=O) groups is 4. The highest BCUT2D eigenvalue weighted by Gasteiger charge is 2.33. The first-order valence-electron chi connectivity index (χ1n) is 19.4. The number of nitrogens with one attached hydrogen (secondary N) is 3. The summed E-state index contributed by atoms with van der Waals surface area (Å²) < 4.78 is 9.49. The molecule has 1 atom stereocenters. The van der Waals surface area contributed by atoms with Crippen LogP contribution in [-0.4, -0.2) is 56.5 Å². The quantitative estimate of drug-likeness (QED) is 0.0784. The van der Waals surface area contributed by atoms with Gasteiger partial charge in [-0.25, -0.2) is 0 Å². The van der Waals surface area contributed by atoms with Gasteiger partial charge in [0.15, 0.2) is 0 Å². The van der Waals surface area contributed by atoms with Crippen LogP contribution in [0.5, 0.6) is 5.75 Å². The van der Waals surface area contributed by atoms with Gasteiger partial charge in [0.2, 0.25) is 5.91 Å². The van der Waals surface area contributed by atoms with E-state index in [0.29, 0.717) is 70.7 Å². The third kappa shape index (κ3) is 8.35. The van der Waals surface area contributed by atoms with Crippen LogP contribution < -0.4 is 26.4 Å². The van der Waals surface area contributed by atoms with E-state index < -0.39 is 0 Å². The van der Waals surface area contributed by atoms with Crippen molar-refractivity contribution in [3.63, 3.8) is 0 Å². The Morgan fingerprint density at radius 3 is 2.17 bits per heavy atom. The van der Waals surface area contributed by atoms with Gasteiger partial charge in [0, 0.05) is 74.4 Å². The summed E-state index contributed by atoms with van der Waals surface area (Å²) in [5.41, 5.74) is 15.0. The summed E-state index contributed by atoms with van der Waals surface area (Å²) in [7, 11) is 3.55. The fraction of sp³-hybridized carbons (Fsp3) is 0.196. The smallest absolute Gasteiger partial charge is 0.272 e. The van der Waals surface area contributed by atoms with Crippen LogP contribution in [0.25, 0.3) is 11.1 Å². The predicted molar refractivity (Wildman–Crippen MR) is 230 cm³/mol. The standard InChI is InChI=1S/C46H44N8O5/c1-28-19-38-39(48-24-37-20-30-7-4-5-8-31(30)26-54(37)46(38)58)23-42(28)59-18-6-9-43(55)49-36-22-41(53(3)27-36)45(57)50-34-14-10-29(11-15-34)32-21-40(52(2)25-32)44(56)51-35-16-12-33(47)13-17-35/h4-5,7-8,10-17,19,21-25,27,37H,6,9,18,20,26,47H2,1-3H3,(H,49,55)(H,50,57)(H,51,56)/t37-/m0/s1. The van der Waals surface area contributed by atoms with E-state index in [1.165, 1.54) is 5.56 Å². The number of aryl methyl sites for hydroxylation is 3. The molecule has 6 aromatic rings. The molecule has 4 amide bonds. The molecular formula is C46H44N8O5. The molecule has 0 saturated carbocycles. The van der Waals surface area contributed by atoms with Crippen LogP contribution in [-0.2, 0) is 31.9 Å². The number of amides is 4. The Morgan fingerprint density at radius 2 is 1.44 bits per heavy atom. The van der Waals surface area contributed by atoms with Crippen molar-refractivity contribution in [1.82, 2.24) is 14.0 Å². The van der Waals surface area contributed by atoms with Crippen molar-refractivity contribution >= 4 is 58.3 Å². The molecule has 2 aromatic heterocycles. The first-order chi connectivity index (χ1) is 28.5. The summed E-state index contributed by atoms with van der Waals surface area (Å²) in [6.45, 7) is 2.74. The van der Waals surface area contributed by atoms with Crippen molar-refractivity contribution in [3.8, 4) is 16.9 Å². The maximum atomic E-state index is 13.6. The normalized spacial score (nSPS) is 14.1. The van der Waals surface area contributed by atoms with Gasteiger partial charge in [0.25, 0.3) is 17.7 Å². The van der Waals surface area contributed by atoms with Gasteiger partial charge in [-0.15, -0.1) is 0 Å². The molecule has 0 aliphatic carbocycles. The van der Waals surface area contributed by atoms with Gasteiger partial charge in [-0.1, -0.05) is 36.4 Å². The average molecular weight is 789 g/mol. The number of ether oxygens (including phenoxy) is 1. The fourth-order valence-corrected chi connectivity index (χ4v) is 7.48. The third-order valence-corrected chi connectivity index (χ3v) is 10.7.